The molecule has 9 aromatic rings. The maximum Gasteiger partial charge on any atom is 0.0543 e. The van der Waals surface area contributed by atoms with Crippen LogP contribution in [0.5, 0.6) is 0 Å². The van der Waals surface area contributed by atoms with Crippen molar-refractivity contribution in [1.82, 2.24) is 0 Å². The molecule has 1 aliphatic carbocycles. The number of hydrogen-bond acceptors (Lipinski definition) is 1. The first-order valence-electron chi connectivity index (χ1n) is 20.1. The lowest BCUT2D eigenvalue weighted by molar-refractivity contribution is 0.642. The Labute approximate surface area is 336 Å². The molecule has 0 N–H and O–H groups in total. The van der Waals surface area contributed by atoms with Crippen molar-refractivity contribution < 1.29 is 0 Å². The van der Waals surface area contributed by atoms with E-state index in [2.05, 4.69) is 233 Å². The van der Waals surface area contributed by atoms with Crippen molar-refractivity contribution in [2.24, 2.45) is 0 Å². The van der Waals surface area contributed by atoms with Crippen LogP contribution in [0.4, 0.5) is 17.1 Å². The van der Waals surface area contributed by atoms with Crippen molar-refractivity contribution in [2.75, 3.05) is 4.90 Å². The summed E-state index contributed by atoms with van der Waals surface area (Å²) in [6.07, 6.45) is 0. The molecule has 0 radical (unpaired) electrons. The van der Waals surface area contributed by atoms with Crippen LogP contribution in [0.2, 0.25) is 0 Å². The summed E-state index contributed by atoms with van der Waals surface area (Å²) in [5.74, 6) is 0. The topological polar surface area (TPSA) is 3.24 Å². The smallest absolute Gasteiger partial charge is 0.0543 e. The first-order valence-corrected chi connectivity index (χ1v) is 20.1. The molecule has 0 atom stereocenters. The van der Waals surface area contributed by atoms with Crippen LogP contribution in [0.1, 0.15) is 49.9 Å². The van der Waals surface area contributed by atoms with Crippen LogP contribution in [-0.4, -0.2) is 0 Å². The summed E-state index contributed by atoms with van der Waals surface area (Å²) in [7, 11) is 0. The Hall–Kier alpha value is -6.70. The number of anilines is 3. The van der Waals surface area contributed by atoms with Gasteiger partial charge in [-0.05, 0) is 102 Å². The van der Waals surface area contributed by atoms with Crippen molar-refractivity contribution in [2.45, 2.75) is 38.5 Å². The largest absolute Gasteiger partial charge is 0.310 e. The molecule has 1 nitrogen and oxygen atoms in total. The number of benzene rings is 9. The lowest BCUT2D eigenvalue weighted by Crippen LogP contribution is -2.18. The van der Waals surface area contributed by atoms with E-state index >= 15 is 0 Å². The van der Waals surface area contributed by atoms with Gasteiger partial charge in [0, 0.05) is 27.8 Å². The van der Waals surface area contributed by atoms with Gasteiger partial charge in [-0.15, -0.1) is 0 Å². The van der Waals surface area contributed by atoms with Gasteiger partial charge in [0.05, 0.1) is 5.69 Å². The van der Waals surface area contributed by atoms with Crippen LogP contribution >= 0.6 is 0 Å². The Bertz CT molecular complexity index is 2920. The summed E-state index contributed by atoms with van der Waals surface area (Å²) in [4.78, 5) is 2.45. The molecule has 274 valence electrons. The van der Waals surface area contributed by atoms with E-state index in [-0.39, 0.29) is 10.8 Å². The molecule has 0 heterocycles. The molecule has 0 saturated heterocycles. The Balaban J connectivity index is 1.05. The summed E-state index contributed by atoms with van der Waals surface area (Å²) in [6.45, 7) is 9.42. The van der Waals surface area contributed by atoms with Gasteiger partial charge in [-0.2, -0.15) is 0 Å². The van der Waals surface area contributed by atoms with E-state index in [0.29, 0.717) is 0 Å². The van der Waals surface area contributed by atoms with Gasteiger partial charge >= 0.3 is 0 Å². The predicted octanol–water partition coefficient (Wildman–Crippen LogP) is 15.4. The van der Waals surface area contributed by atoms with Crippen molar-refractivity contribution in [1.29, 1.82) is 0 Å². The van der Waals surface area contributed by atoms with Gasteiger partial charge in [-0.3, -0.25) is 0 Å². The molecule has 0 aromatic heterocycles. The maximum absolute atomic E-state index is 2.45. The Morgan fingerprint density at radius 2 is 0.947 bits per heavy atom. The number of fused-ring (bicyclic) bond motifs is 6. The molecule has 0 aliphatic heterocycles. The third kappa shape index (κ3) is 5.85. The Kier molecular flexibility index (Phi) is 8.23. The van der Waals surface area contributed by atoms with E-state index in [1.54, 1.807) is 0 Å². The summed E-state index contributed by atoms with van der Waals surface area (Å²) in [5, 5.41) is 5.17. The molecule has 1 aliphatic rings. The number of nitrogens with zero attached hydrogens (tertiary/aromatic N) is 1. The molecule has 0 saturated carbocycles. The minimum absolute atomic E-state index is 0.127. The number of hydrogen-bond donors (Lipinski definition) is 0. The zero-order valence-corrected chi connectivity index (χ0v) is 33.0. The van der Waals surface area contributed by atoms with Gasteiger partial charge in [0.1, 0.15) is 0 Å². The van der Waals surface area contributed by atoms with Crippen molar-refractivity contribution in [3.63, 3.8) is 0 Å². The highest BCUT2D eigenvalue weighted by Gasteiger charge is 2.39. The fourth-order valence-corrected chi connectivity index (χ4v) is 9.31. The second-order valence-corrected chi connectivity index (χ2v) is 16.6. The average Bonchev–Trinajstić information content (AvgIpc) is 3.51. The first kappa shape index (κ1) is 34.8. The van der Waals surface area contributed by atoms with Crippen LogP contribution in [0.25, 0.3) is 54.9 Å². The highest BCUT2D eigenvalue weighted by molar-refractivity contribution is 6.02. The quantitative estimate of drug-likeness (QED) is 0.158. The van der Waals surface area contributed by atoms with Crippen LogP contribution in [0, 0.1) is 0 Å². The zero-order valence-electron chi connectivity index (χ0n) is 33.0. The molecule has 10 rings (SSSR count). The van der Waals surface area contributed by atoms with Crippen LogP contribution in [-0.2, 0) is 10.8 Å². The molecular formula is C56H45N. The fraction of sp³-hybridized carbons (Fsp3) is 0.107. The SMILES string of the molecule is CC(C)(c1ccc(-c2ccc(N(c3ccc(-c4ccccc4)cc3)c3cccc4c3-c3ccc5ccccc5c3C4(C)C)cc2)cc1)c1ccc2ccccc2c1. The molecule has 9 aromatic carbocycles. The van der Waals surface area contributed by atoms with E-state index in [1.165, 1.54) is 82.9 Å². The summed E-state index contributed by atoms with van der Waals surface area (Å²) >= 11 is 0. The van der Waals surface area contributed by atoms with Gasteiger partial charge in [-0.25, -0.2) is 0 Å². The predicted molar refractivity (Wildman–Crippen MR) is 243 cm³/mol. The van der Waals surface area contributed by atoms with E-state index in [9.17, 15) is 0 Å². The van der Waals surface area contributed by atoms with Crippen molar-refractivity contribution in [3.8, 4) is 33.4 Å². The maximum atomic E-state index is 2.45. The lowest BCUT2D eigenvalue weighted by atomic mass is 9.77. The molecule has 0 spiro atoms. The highest BCUT2D eigenvalue weighted by Crippen LogP contribution is 2.56. The van der Waals surface area contributed by atoms with Crippen molar-refractivity contribution in [3.05, 3.63) is 222 Å². The van der Waals surface area contributed by atoms with Crippen LogP contribution < -0.4 is 4.90 Å². The van der Waals surface area contributed by atoms with Gasteiger partial charge in [0.25, 0.3) is 0 Å². The second kappa shape index (κ2) is 13.5. The van der Waals surface area contributed by atoms with Gasteiger partial charge in [0.2, 0.25) is 0 Å². The molecule has 0 unspecified atom stereocenters. The van der Waals surface area contributed by atoms with E-state index < -0.39 is 0 Å². The van der Waals surface area contributed by atoms with Crippen molar-refractivity contribution >= 4 is 38.6 Å². The highest BCUT2D eigenvalue weighted by atomic mass is 15.1. The molecular weight excluding hydrogens is 687 g/mol. The van der Waals surface area contributed by atoms with Crippen LogP contribution in [0.15, 0.2) is 200 Å². The average molecular weight is 732 g/mol. The molecule has 0 bridgehead atoms. The molecule has 0 amide bonds. The normalized spacial score (nSPS) is 13.1. The molecule has 0 fully saturated rings. The fourth-order valence-electron chi connectivity index (χ4n) is 9.31. The summed E-state index contributed by atoms with van der Waals surface area (Å²) < 4.78 is 0. The minimum Gasteiger partial charge on any atom is -0.310 e. The zero-order chi connectivity index (χ0) is 38.7. The molecule has 57 heavy (non-hydrogen) atoms. The van der Waals surface area contributed by atoms with Gasteiger partial charge in [0.15, 0.2) is 0 Å². The first-order chi connectivity index (χ1) is 27.8. The van der Waals surface area contributed by atoms with Gasteiger partial charge < -0.3 is 4.90 Å². The third-order valence-corrected chi connectivity index (χ3v) is 12.5. The van der Waals surface area contributed by atoms with Crippen LogP contribution in [0.3, 0.4) is 0 Å². The Morgan fingerprint density at radius 3 is 1.61 bits per heavy atom. The van der Waals surface area contributed by atoms with E-state index in [1.807, 2.05) is 0 Å². The monoisotopic (exact) mass is 731 g/mol. The van der Waals surface area contributed by atoms with E-state index in [4.69, 9.17) is 0 Å². The van der Waals surface area contributed by atoms with E-state index in [0.717, 1.165) is 11.4 Å². The standard InChI is InChI=1S/C56H45N/c1-55(2,46-31-23-39-15-8-9-17-44(39)37-46)45-29-21-40(22-30-45)42-26-34-48(35-27-42)57(47-32-24-41(25-33-47)38-13-6-5-7-14-38)52-20-12-19-51-53(52)50-36-28-43-16-10-11-18-49(43)54(50)56(51,3)4/h5-37H,1-4H3. The lowest BCUT2D eigenvalue weighted by Gasteiger charge is -2.29. The summed E-state index contributed by atoms with van der Waals surface area (Å²) in [5.41, 5.74) is 16.0. The molecule has 1 heteroatoms. The minimum atomic E-state index is -0.150. The second-order valence-electron chi connectivity index (χ2n) is 16.6. The number of rotatable bonds is 7. The summed E-state index contributed by atoms with van der Waals surface area (Å²) in [6, 6.07) is 73.8. The third-order valence-electron chi connectivity index (χ3n) is 12.5. The Morgan fingerprint density at radius 1 is 0.421 bits per heavy atom. The van der Waals surface area contributed by atoms with Gasteiger partial charge in [-0.1, -0.05) is 198 Å².